The quantitative estimate of drug-likeness (QED) is 0.658. The van der Waals surface area contributed by atoms with E-state index in [0.29, 0.717) is 19.6 Å². The molecule has 74 valence electrons. The number of rotatable bonds is 3. The first kappa shape index (κ1) is 10.5. The molecule has 1 fully saturated rings. The minimum Gasteiger partial charge on any atom is -0.396 e. The third kappa shape index (κ3) is 1.71. The smallest absolute Gasteiger partial charge is 0.174 e. The Bertz CT molecular complexity index is 213. The molecule has 1 unspecified atom stereocenters. The highest BCUT2D eigenvalue weighted by Gasteiger charge is 2.48. The van der Waals surface area contributed by atoms with Crippen LogP contribution in [-0.2, 0) is 9.47 Å². The van der Waals surface area contributed by atoms with E-state index in [-0.39, 0.29) is 6.61 Å². The molecular weight excluding hydrogens is 168 g/mol. The molecule has 0 saturated carbocycles. The van der Waals surface area contributed by atoms with Crippen LogP contribution in [-0.4, -0.2) is 30.7 Å². The highest BCUT2D eigenvalue weighted by molar-refractivity contribution is 4.99. The zero-order valence-corrected chi connectivity index (χ0v) is 8.17. The summed E-state index contributed by atoms with van der Waals surface area (Å²) in [5.41, 5.74) is -0.516. The molecule has 1 N–H and O–H groups in total. The Kier molecular flexibility index (Phi) is 2.97. The number of aliphatic hydroxyl groups excluding tert-OH is 1. The Morgan fingerprint density at radius 1 is 1.54 bits per heavy atom. The van der Waals surface area contributed by atoms with Gasteiger partial charge in [0.2, 0.25) is 0 Å². The fraction of sp³-hybridized carbons (Fsp3) is 0.800. The first-order chi connectivity index (χ1) is 6.08. The Labute approximate surface area is 79.0 Å². The molecule has 0 aromatic rings. The van der Waals surface area contributed by atoms with Crippen LogP contribution in [0, 0.1) is 17.8 Å². The molecule has 1 aliphatic rings. The van der Waals surface area contributed by atoms with Crippen LogP contribution < -0.4 is 0 Å². The molecule has 0 bridgehead atoms. The third-order valence-electron chi connectivity index (χ3n) is 2.78. The standard InChI is InChI=1S/C10H16O3/c1-4-5-9(2,8-11)10(3)12-6-7-13-10/h1,11H,5-8H2,2-3H3. The monoisotopic (exact) mass is 184 g/mol. The van der Waals surface area contributed by atoms with Gasteiger partial charge in [-0.05, 0) is 6.92 Å². The van der Waals surface area contributed by atoms with E-state index in [1.807, 2.05) is 13.8 Å². The van der Waals surface area contributed by atoms with Crippen LogP contribution in [0.5, 0.6) is 0 Å². The number of aliphatic hydroxyl groups is 1. The summed E-state index contributed by atoms with van der Waals surface area (Å²) in [6, 6.07) is 0. The summed E-state index contributed by atoms with van der Waals surface area (Å²) in [6.07, 6.45) is 5.69. The van der Waals surface area contributed by atoms with Crippen LogP contribution in [0.1, 0.15) is 20.3 Å². The topological polar surface area (TPSA) is 38.7 Å². The van der Waals surface area contributed by atoms with E-state index >= 15 is 0 Å². The van der Waals surface area contributed by atoms with Gasteiger partial charge in [-0.3, -0.25) is 0 Å². The van der Waals surface area contributed by atoms with Gasteiger partial charge in [0.15, 0.2) is 5.79 Å². The first-order valence-electron chi connectivity index (χ1n) is 4.40. The Morgan fingerprint density at radius 3 is 2.46 bits per heavy atom. The fourth-order valence-electron chi connectivity index (χ4n) is 1.45. The zero-order valence-electron chi connectivity index (χ0n) is 8.17. The predicted octanol–water partition coefficient (Wildman–Crippen LogP) is 0.771. The highest BCUT2D eigenvalue weighted by Crippen LogP contribution is 2.40. The average Bonchev–Trinajstić information content (AvgIpc) is 2.54. The first-order valence-corrected chi connectivity index (χ1v) is 4.40. The SMILES string of the molecule is C#CCC(C)(CO)C1(C)OCCO1. The molecule has 0 aromatic carbocycles. The maximum atomic E-state index is 9.29. The molecule has 0 aromatic heterocycles. The van der Waals surface area contributed by atoms with E-state index in [2.05, 4.69) is 5.92 Å². The second-order valence-corrected chi connectivity index (χ2v) is 3.74. The summed E-state index contributed by atoms with van der Waals surface area (Å²) >= 11 is 0. The van der Waals surface area contributed by atoms with Crippen molar-refractivity contribution in [1.29, 1.82) is 0 Å². The van der Waals surface area contributed by atoms with Crippen molar-refractivity contribution in [2.75, 3.05) is 19.8 Å². The van der Waals surface area contributed by atoms with E-state index in [1.165, 1.54) is 0 Å². The lowest BCUT2D eigenvalue weighted by molar-refractivity contribution is -0.228. The summed E-state index contributed by atoms with van der Waals surface area (Å²) in [6.45, 7) is 4.80. The molecule has 3 heteroatoms. The van der Waals surface area contributed by atoms with E-state index in [4.69, 9.17) is 15.9 Å². The molecule has 0 aliphatic carbocycles. The maximum Gasteiger partial charge on any atom is 0.174 e. The molecule has 13 heavy (non-hydrogen) atoms. The van der Waals surface area contributed by atoms with Crippen molar-refractivity contribution >= 4 is 0 Å². The Morgan fingerprint density at radius 2 is 2.08 bits per heavy atom. The van der Waals surface area contributed by atoms with Crippen LogP contribution in [0.2, 0.25) is 0 Å². The highest BCUT2D eigenvalue weighted by atomic mass is 16.7. The van der Waals surface area contributed by atoms with Crippen molar-refractivity contribution in [3.8, 4) is 12.3 Å². The molecule has 0 spiro atoms. The average molecular weight is 184 g/mol. The molecule has 0 radical (unpaired) electrons. The van der Waals surface area contributed by atoms with Gasteiger partial charge in [0, 0.05) is 6.42 Å². The Hall–Kier alpha value is -0.560. The van der Waals surface area contributed by atoms with Gasteiger partial charge in [0.25, 0.3) is 0 Å². The lowest BCUT2D eigenvalue weighted by Gasteiger charge is -2.39. The Balaban J connectivity index is 2.80. The van der Waals surface area contributed by atoms with Crippen molar-refractivity contribution in [2.45, 2.75) is 26.1 Å². The van der Waals surface area contributed by atoms with Crippen LogP contribution in [0.25, 0.3) is 0 Å². The van der Waals surface area contributed by atoms with Gasteiger partial charge in [-0.15, -0.1) is 12.3 Å². The fourth-order valence-corrected chi connectivity index (χ4v) is 1.45. The molecule has 1 aliphatic heterocycles. The van der Waals surface area contributed by atoms with E-state index in [0.717, 1.165) is 0 Å². The second-order valence-electron chi connectivity index (χ2n) is 3.74. The normalized spacial score (nSPS) is 25.1. The predicted molar refractivity (Wildman–Crippen MR) is 49.0 cm³/mol. The van der Waals surface area contributed by atoms with Gasteiger partial charge in [0.1, 0.15) is 0 Å². The lowest BCUT2D eigenvalue weighted by Crippen LogP contribution is -2.47. The van der Waals surface area contributed by atoms with Crippen LogP contribution >= 0.6 is 0 Å². The van der Waals surface area contributed by atoms with Gasteiger partial charge in [0.05, 0.1) is 25.2 Å². The van der Waals surface area contributed by atoms with Crippen LogP contribution in [0.3, 0.4) is 0 Å². The third-order valence-corrected chi connectivity index (χ3v) is 2.78. The van der Waals surface area contributed by atoms with Gasteiger partial charge < -0.3 is 14.6 Å². The minimum absolute atomic E-state index is 0.0340. The summed E-state index contributed by atoms with van der Waals surface area (Å²) in [5.74, 6) is 1.80. The van der Waals surface area contributed by atoms with Gasteiger partial charge in [-0.25, -0.2) is 0 Å². The lowest BCUT2D eigenvalue weighted by atomic mass is 9.80. The summed E-state index contributed by atoms with van der Waals surface area (Å²) in [5, 5.41) is 9.29. The van der Waals surface area contributed by atoms with Crippen molar-refractivity contribution < 1.29 is 14.6 Å². The van der Waals surface area contributed by atoms with E-state index in [9.17, 15) is 5.11 Å². The van der Waals surface area contributed by atoms with Gasteiger partial charge >= 0.3 is 0 Å². The summed E-state index contributed by atoms with van der Waals surface area (Å²) in [7, 11) is 0. The number of terminal acetylenes is 1. The van der Waals surface area contributed by atoms with E-state index < -0.39 is 11.2 Å². The van der Waals surface area contributed by atoms with Crippen LogP contribution in [0.4, 0.5) is 0 Å². The molecular formula is C10H16O3. The largest absolute Gasteiger partial charge is 0.396 e. The molecule has 0 amide bonds. The molecule has 1 saturated heterocycles. The summed E-state index contributed by atoms with van der Waals surface area (Å²) < 4.78 is 10.9. The van der Waals surface area contributed by atoms with Crippen LogP contribution in [0.15, 0.2) is 0 Å². The number of hydrogen-bond acceptors (Lipinski definition) is 3. The molecule has 3 nitrogen and oxygen atoms in total. The molecule has 1 heterocycles. The van der Waals surface area contributed by atoms with Gasteiger partial charge in [-0.1, -0.05) is 6.92 Å². The number of ether oxygens (including phenoxy) is 2. The summed E-state index contributed by atoms with van der Waals surface area (Å²) in [4.78, 5) is 0. The molecule has 1 atom stereocenters. The number of hydrogen-bond donors (Lipinski definition) is 1. The van der Waals surface area contributed by atoms with Crippen molar-refractivity contribution in [2.24, 2.45) is 5.41 Å². The minimum atomic E-state index is -0.742. The van der Waals surface area contributed by atoms with Crippen molar-refractivity contribution in [3.63, 3.8) is 0 Å². The van der Waals surface area contributed by atoms with Crippen molar-refractivity contribution in [3.05, 3.63) is 0 Å². The van der Waals surface area contributed by atoms with Crippen molar-refractivity contribution in [1.82, 2.24) is 0 Å². The molecule has 1 rings (SSSR count). The zero-order chi connectivity index (χ0) is 9.95. The van der Waals surface area contributed by atoms with Gasteiger partial charge in [-0.2, -0.15) is 0 Å². The van der Waals surface area contributed by atoms with E-state index in [1.54, 1.807) is 0 Å². The second kappa shape index (κ2) is 3.67. The maximum absolute atomic E-state index is 9.29.